The molecule has 1 N–H and O–H groups in total. The van der Waals surface area contributed by atoms with Crippen LogP contribution < -0.4 is 5.32 Å². The highest BCUT2D eigenvalue weighted by molar-refractivity contribution is 6.34. The Kier molecular flexibility index (Phi) is 5.17. The number of carbonyl (C=O) groups is 1. The molecule has 0 unspecified atom stereocenters. The van der Waals surface area contributed by atoms with Crippen LogP contribution in [0.4, 0.5) is 15.8 Å². The smallest absolute Gasteiger partial charge is 0.310 e. The molecule has 0 spiro atoms. The molecule has 0 saturated carbocycles. The molecule has 25 heavy (non-hydrogen) atoms. The normalized spacial score (nSPS) is 12.6. The third-order valence-electron chi connectivity index (χ3n) is 3.99. The fraction of sp³-hybridized carbons (Fsp3) is 0.350. The lowest BCUT2D eigenvalue weighted by Crippen LogP contribution is -2.09. The first-order valence-electron chi connectivity index (χ1n) is 8.95. The Hall–Kier alpha value is -2.07. The fourth-order valence-corrected chi connectivity index (χ4v) is 2.82. The predicted octanol–water partition coefficient (Wildman–Crippen LogP) is 5.68. The molecule has 0 fully saturated rings. The number of ether oxygens (including phenoxy) is 1. The first kappa shape index (κ1) is 16.4. The van der Waals surface area contributed by atoms with Gasteiger partial charge >= 0.3 is 5.97 Å². The quantitative estimate of drug-likeness (QED) is 0.693. The van der Waals surface area contributed by atoms with Crippen molar-refractivity contribution < 1.29 is 16.7 Å². The molecule has 0 aliphatic carbocycles. The van der Waals surface area contributed by atoms with E-state index in [1.807, 2.05) is 20.8 Å². The highest BCUT2D eigenvalue weighted by Crippen LogP contribution is 2.34. The number of carbonyl (C=O) groups excluding carboxylic acids is 1. The van der Waals surface area contributed by atoms with E-state index in [1.165, 1.54) is 6.07 Å². The average molecular weight is 366 g/mol. The molecule has 0 radical (unpaired) electrons. The topological polar surface area (TPSA) is 38.3 Å². The molecule has 0 atom stereocenters. The molecule has 2 aromatic carbocycles. The highest BCUT2D eigenvalue weighted by Gasteiger charge is 2.16. The summed E-state index contributed by atoms with van der Waals surface area (Å²) in [4.78, 5) is 12.1. The van der Waals surface area contributed by atoms with Gasteiger partial charge in [-0.3, -0.25) is 4.79 Å². The molecule has 0 aromatic heterocycles. The van der Waals surface area contributed by atoms with Crippen LogP contribution in [0.25, 0.3) is 0 Å². The maximum Gasteiger partial charge on any atom is 0.310 e. The standard InChI is InChI=1S/C20H23ClFNO2/c1-11(2)15-9-14(10-18(24)25-5)17(8-13(15)4)23-20-16(22)7-6-12(3)19(20)21/h6-9,11,23H,10H2,1-5H3/i10D2. The monoisotopic (exact) mass is 365 g/mol. The minimum atomic E-state index is -2.42. The SMILES string of the molecule is [2H]C([2H])(C(=O)OC)c1cc(C(C)C)c(C)cc1Nc1c(F)ccc(C)c1Cl. The Morgan fingerprint density at radius 1 is 1.32 bits per heavy atom. The molecule has 0 amide bonds. The van der Waals surface area contributed by atoms with Crippen LogP contribution in [0.2, 0.25) is 5.02 Å². The van der Waals surface area contributed by atoms with Gasteiger partial charge in [-0.05, 0) is 54.2 Å². The van der Waals surface area contributed by atoms with Crippen molar-refractivity contribution in [2.75, 3.05) is 12.4 Å². The van der Waals surface area contributed by atoms with Gasteiger partial charge in [0.15, 0.2) is 0 Å². The molecule has 0 bridgehead atoms. The van der Waals surface area contributed by atoms with Gasteiger partial charge in [0.1, 0.15) is 5.82 Å². The lowest BCUT2D eigenvalue weighted by atomic mass is 9.93. The van der Waals surface area contributed by atoms with Crippen LogP contribution in [-0.2, 0) is 15.9 Å². The van der Waals surface area contributed by atoms with Crippen molar-refractivity contribution >= 4 is 28.9 Å². The van der Waals surface area contributed by atoms with Crippen molar-refractivity contribution in [2.24, 2.45) is 0 Å². The van der Waals surface area contributed by atoms with E-state index in [4.69, 9.17) is 14.3 Å². The van der Waals surface area contributed by atoms with Gasteiger partial charge in [-0.1, -0.05) is 37.6 Å². The summed E-state index contributed by atoms with van der Waals surface area (Å²) < 4.78 is 35.5. The summed E-state index contributed by atoms with van der Waals surface area (Å²) in [7, 11) is 1.13. The second kappa shape index (κ2) is 7.87. The van der Waals surface area contributed by atoms with E-state index in [9.17, 15) is 9.18 Å². The van der Waals surface area contributed by atoms with Gasteiger partial charge in [0.2, 0.25) is 0 Å². The van der Waals surface area contributed by atoms with Crippen molar-refractivity contribution in [1.29, 1.82) is 0 Å². The summed E-state index contributed by atoms with van der Waals surface area (Å²) in [6, 6.07) is 6.17. The number of benzene rings is 2. The van der Waals surface area contributed by atoms with Crippen molar-refractivity contribution in [3.8, 4) is 0 Å². The highest BCUT2D eigenvalue weighted by atomic mass is 35.5. The van der Waals surface area contributed by atoms with Crippen molar-refractivity contribution in [2.45, 2.75) is 40.0 Å². The first-order valence-corrected chi connectivity index (χ1v) is 8.33. The zero-order valence-corrected chi connectivity index (χ0v) is 15.7. The van der Waals surface area contributed by atoms with Gasteiger partial charge in [-0.15, -0.1) is 0 Å². The first-order chi connectivity index (χ1) is 12.5. The van der Waals surface area contributed by atoms with E-state index in [0.29, 0.717) is 5.56 Å². The number of halogens is 2. The summed E-state index contributed by atoms with van der Waals surface area (Å²) in [6.07, 6.45) is -2.42. The van der Waals surface area contributed by atoms with Crippen LogP contribution in [0.5, 0.6) is 0 Å². The van der Waals surface area contributed by atoms with E-state index in [1.54, 1.807) is 25.1 Å². The van der Waals surface area contributed by atoms with Gasteiger partial charge in [0.25, 0.3) is 0 Å². The molecule has 0 heterocycles. The number of methoxy groups -OCH3 is 1. The molecule has 2 rings (SSSR count). The van der Waals surface area contributed by atoms with Crippen LogP contribution in [0.3, 0.4) is 0 Å². The zero-order chi connectivity index (χ0) is 20.5. The number of hydrogen-bond donors (Lipinski definition) is 1. The zero-order valence-electron chi connectivity index (χ0n) is 17.0. The lowest BCUT2D eigenvalue weighted by molar-refractivity contribution is -0.139. The molecular formula is C20H23ClFNO2. The molecule has 0 saturated heterocycles. The molecular weight excluding hydrogens is 341 g/mol. The van der Waals surface area contributed by atoms with Crippen LogP contribution in [0, 0.1) is 19.7 Å². The molecule has 0 aliphatic rings. The number of hydrogen-bond acceptors (Lipinski definition) is 3. The summed E-state index contributed by atoms with van der Waals surface area (Å²) in [5, 5.41) is 3.09. The van der Waals surface area contributed by atoms with E-state index < -0.39 is 18.2 Å². The van der Waals surface area contributed by atoms with Crippen molar-refractivity contribution in [3.05, 3.63) is 57.4 Å². The van der Waals surface area contributed by atoms with Crippen LogP contribution in [-0.4, -0.2) is 13.1 Å². The van der Waals surface area contributed by atoms with Crippen molar-refractivity contribution in [3.63, 3.8) is 0 Å². The second-order valence-corrected chi connectivity index (χ2v) is 6.58. The van der Waals surface area contributed by atoms with E-state index in [0.717, 1.165) is 18.2 Å². The van der Waals surface area contributed by atoms with E-state index in [-0.39, 0.29) is 27.9 Å². The number of nitrogens with one attached hydrogen (secondary N) is 1. The number of rotatable bonds is 5. The largest absolute Gasteiger partial charge is 0.469 e. The third-order valence-corrected chi connectivity index (χ3v) is 4.48. The molecule has 5 heteroatoms. The van der Waals surface area contributed by atoms with Crippen molar-refractivity contribution in [1.82, 2.24) is 0 Å². The van der Waals surface area contributed by atoms with Crippen LogP contribution in [0.1, 0.15) is 44.8 Å². The molecule has 134 valence electrons. The Labute approximate surface area is 156 Å². The Morgan fingerprint density at radius 2 is 2.00 bits per heavy atom. The lowest BCUT2D eigenvalue weighted by Gasteiger charge is -2.19. The summed E-state index contributed by atoms with van der Waals surface area (Å²) >= 11 is 6.24. The Bertz CT molecular complexity index is 885. The number of aryl methyl sites for hydroxylation is 2. The molecule has 0 aliphatic heterocycles. The van der Waals surface area contributed by atoms with E-state index in [2.05, 4.69) is 10.1 Å². The second-order valence-electron chi connectivity index (χ2n) is 6.20. The number of esters is 1. The Balaban J connectivity index is 2.71. The van der Waals surface area contributed by atoms with Gasteiger partial charge < -0.3 is 10.1 Å². The average Bonchev–Trinajstić information content (AvgIpc) is 2.60. The summed E-state index contributed by atoms with van der Waals surface area (Å²) in [5.74, 6) is -1.48. The fourth-order valence-electron chi connectivity index (χ4n) is 2.62. The van der Waals surface area contributed by atoms with Crippen LogP contribution in [0.15, 0.2) is 24.3 Å². The number of anilines is 2. The maximum absolute atomic E-state index is 14.3. The Morgan fingerprint density at radius 3 is 2.60 bits per heavy atom. The summed E-state index contributed by atoms with van der Waals surface area (Å²) in [5.41, 5.74) is 2.82. The summed E-state index contributed by atoms with van der Waals surface area (Å²) in [6.45, 7) is 7.58. The van der Waals surface area contributed by atoms with Gasteiger partial charge in [-0.2, -0.15) is 0 Å². The van der Waals surface area contributed by atoms with Crippen LogP contribution >= 0.6 is 11.6 Å². The van der Waals surface area contributed by atoms with E-state index >= 15 is 0 Å². The van der Waals surface area contributed by atoms with Gasteiger partial charge in [0, 0.05) is 8.43 Å². The maximum atomic E-state index is 14.3. The predicted molar refractivity (Wildman–Crippen MR) is 100 cm³/mol. The minimum absolute atomic E-state index is 0.0373. The third kappa shape index (κ3) is 4.31. The van der Waals surface area contributed by atoms with Gasteiger partial charge in [-0.25, -0.2) is 4.39 Å². The molecule has 3 nitrogen and oxygen atoms in total. The van der Waals surface area contributed by atoms with Gasteiger partial charge in [0.05, 0.1) is 24.2 Å². The molecule has 2 aromatic rings. The minimum Gasteiger partial charge on any atom is -0.469 e.